The van der Waals surface area contributed by atoms with E-state index >= 15 is 0 Å². The van der Waals surface area contributed by atoms with E-state index < -0.39 is 0 Å². The van der Waals surface area contributed by atoms with E-state index in [2.05, 4.69) is 10.1 Å². The van der Waals surface area contributed by atoms with Crippen molar-refractivity contribution < 1.29 is 9.21 Å². The molecule has 7 heteroatoms. The van der Waals surface area contributed by atoms with Gasteiger partial charge in [0.2, 0.25) is 11.8 Å². The molecule has 1 amide bonds. The first-order chi connectivity index (χ1) is 15.7. The number of nitrogens with zero attached hydrogens (tertiary/aromatic N) is 4. The molecule has 3 heterocycles. The van der Waals surface area contributed by atoms with Gasteiger partial charge in [0.15, 0.2) is 0 Å². The van der Waals surface area contributed by atoms with Gasteiger partial charge in [-0.3, -0.25) is 9.59 Å². The number of fused-ring (bicyclic) bond motifs is 1. The van der Waals surface area contributed by atoms with Crippen molar-refractivity contribution in [2.24, 2.45) is 0 Å². The summed E-state index contributed by atoms with van der Waals surface area (Å²) in [6.07, 6.45) is 6.73. The Bertz CT molecular complexity index is 1300. The van der Waals surface area contributed by atoms with E-state index in [0.29, 0.717) is 24.2 Å². The van der Waals surface area contributed by atoms with Gasteiger partial charge in [-0.15, -0.1) is 0 Å². The minimum atomic E-state index is -0.258. The van der Waals surface area contributed by atoms with Crippen molar-refractivity contribution in [3.8, 4) is 0 Å². The summed E-state index contributed by atoms with van der Waals surface area (Å²) in [5.74, 6) is 1.18. The average Bonchev–Trinajstić information content (AvgIpc) is 3.30. The summed E-state index contributed by atoms with van der Waals surface area (Å²) in [6, 6.07) is 17.1. The fourth-order valence-electron chi connectivity index (χ4n) is 4.30. The second-order valence-corrected chi connectivity index (χ2v) is 8.12. The van der Waals surface area contributed by atoms with E-state index in [1.165, 1.54) is 4.68 Å². The minimum Gasteiger partial charge on any atom is -0.443 e. The van der Waals surface area contributed by atoms with Crippen molar-refractivity contribution in [3.63, 3.8) is 0 Å². The van der Waals surface area contributed by atoms with E-state index in [0.717, 1.165) is 36.0 Å². The smallest absolute Gasteiger partial charge is 0.275 e. The zero-order chi connectivity index (χ0) is 21.9. The summed E-state index contributed by atoms with van der Waals surface area (Å²) < 4.78 is 7.29. The highest BCUT2D eigenvalue weighted by Crippen LogP contribution is 2.31. The van der Waals surface area contributed by atoms with Crippen molar-refractivity contribution in [1.29, 1.82) is 0 Å². The van der Waals surface area contributed by atoms with Gasteiger partial charge in [0, 0.05) is 18.4 Å². The van der Waals surface area contributed by atoms with Crippen LogP contribution in [0.15, 0.2) is 76.2 Å². The van der Waals surface area contributed by atoms with Gasteiger partial charge >= 0.3 is 0 Å². The molecule has 1 unspecified atom stereocenters. The Balaban J connectivity index is 1.35. The highest BCUT2D eigenvalue weighted by molar-refractivity contribution is 5.81. The number of hydrogen-bond donors (Lipinski definition) is 0. The third-order valence-corrected chi connectivity index (χ3v) is 5.95. The molecular weight excluding hydrogens is 404 g/mol. The zero-order valence-corrected chi connectivity index (χ0v) is 17.7. The van der Waals surface area contributed by atoms with Crippen molar-refractivity contribution >= 4 is 16.7 Å². The molecule has 1 saturated heterocycles. The molecule has 0 bridgehead atoms. The molecule has 162 valence electrons. The maximum atomic E-state index is 13.2. The SMILES string of the molecule is O=C(Cn1ncc2ccccc2c1=O)N1CCCCC1c1ncc(Cc2ccccc2)o1. The average molecular weight is 428 g/mol. The quantitative estimate of drug-likeness (QED) is 0.484. The van der Waals surface area contributed by atoms with E-state index in [4.69, 9.17) is 4.42 Å². The molecule has 4 aromatic rings. The molecular formula is C25H24N4O3. The second-order valence-electron chi connectivity index (χ2n) is 8.12. The van der Waals surface area contributed by atoms with Crippen molar-refractivity contribution in [2.75, 3.05) is 6.54 Å². The lowest BCUT2D eigenvalue weighted by Crippen LogP contribution is -2.42. The Kier molecular flexibility index (Phi) is 5.54. The van der Waals surface area contributed by atoms with Crippen LogP contribution >= 0.6 is 0 Å². The number of amides is 1. The number of oxazole rings is 1. The van der Waals surface area contributed by atoms with Crippen LogP contribution in [0.25, 0.3) is 10.8 Å². The van der Waals surface area contributed by atoms with E-state index in [-0.39, 0.29) is 24.1 Å². The molecule has 0 saturated carbocycles. The van der Waals surface area contributed by atoms with Crippen LogP contribution in [0.1, 0.15) is 42.5 Å². The predicted molar refractivity (Wildman–Crippen MR) is 120 cm³/mol. The molecule has 2 aromatic carbocycles. The standard InChI is InChI=1S/C25H24N4O3/c30-23(17-29-25(31)21-11-5-4-10-19(21)15-27-29)28-13-7-6-12-22(28)24-26-16-20(32-24)14-18-8-2-1-3-9-18/h1-5,8-11,15-16,22H,6-7,12-14,17H2. The van der Waals surface area contributed by atoms with Gasteiger partial charge in [0.1, 0.15) is 18.3 Å². The number of piperidine rings is 1. The number of benzene rings is 2. The molecule has 0 spiro atoms. The maximum Gasteiger partial charge on any atom is 0.275 e. The third-order valence-electron chi connectivity index (χ3n) is 5.95. The van der Waals surface area contributed by atoms with E-state index in [1.54, 1.807) is 23.4 Å². The lowest BCUT2D eigenvalue weighted by atomic mass is 10.0. The zero-order valence-electron chi connectivity index (χ0n) is 17.7. The molecule has 1 fully saturated rings. The van der Waals surface area contributed by atoms with Crippen LogP contribution < -0.4 is 5.56 Å². The molecule has 1 atom stereocenters. The Morgan fingerprint density at radius 2 is 1.84 bits per heavy atom. The fraction of sp³-hybridized carbons (Fsp3) is 0.280. The number of carbonyl (C=O) groups excluding carboxylic acids is 1. The lowest BCUT2D eigenvalue weighted by Gasteiger charge is -2.33. The number of aromatic nitrogens is 3. The van der Waals surface area contributed by atoms with Gasteiger partial charge in [0.25, 0.3) is 5.56 Å². The van der Waals surface area contributed by atoms with Gasteiger partial charge in [-0.1, -0.05) is 48.5 Å². The molecule has 7 nitrogen and oxygen atoms in total. The highest BCUT2D eigenvalue weighted by atomic mass is 16.4. The first kappa shape index (κ1) is 20.2. The molecule has 5 rings (SSSR count). The van der Waals surface area contributed by atoms with Crippen LogP contribution in [-0.4, -0.2) is 32.1 Å². The largest absolute Gasteiger partial charge is 0.443 e. The van der Waals surface area contributed by atoms with Gasteiger partial charge in [-0.05, 0) is 30.9 Å². The summed E-state index contributed by atoms with van der Waals surface area (Å²) in [5.41, 5.74) is 0.889. The molecule has 2 aromatic heterocycles. The summed E-state index contributed by atoms with van der Waals surface area (Å²) >= 11 is 0. The summed E-state index contributed by atoms with van der Waals surface area (Å²) in [7, 11) is 0. The molecule has 0 aliphatic carbocycles. The molecule has 0 radical (unpaired) electrons. The van der Waals surface area contributed by atoms with E-state index in [1.807, 2.05) is 48.5 Å². The fourth-order valence-corrected chi connectivity index (χ4v) is 4.30. The third kappa shape index (κ3) is 4.06. The second kappa shape index (κ2) is 8.78. The van der Waals surface area contributed by atoms with Crippen molar-refractivity contribution in [2.45, 2.75) is 38.3 Å². The van der Waals surface area contributed by atoms with Gasteiger partial charge < -0.3 is 9.32 Å². The number of rotatable bonds is 5. The molecule has 0 N–H and O–H groups in total. The monoisotopic (exact) mass is 428 g/mol. The molecule has 1 aliphatic heterocycles. The van der Waals surface area contributed by atoms with Crippen molar-refractivity contribution in [1.82, 2.24) is 19.7 Å². The summed E-state index contributed by atoms with van der Waals surface area (Å²) in [5, 5.41) is 5.53. The van der Waals surface area contributed by atoms with Crippen molar-refractivity contribution in [3.05, 3.63) is 94.6 Å². The van der Waals surface area contributed by atoms with Gasteiger partial charge in [0.05, 0.1) is 17.8 Å². The topological polar surface area (TPSA) is 81.2 Å². The Morgan fingerprint density at radius 3 is 2.72 bits per heavy atom. The maximum absolute atomic E-state index is 13.2. The van der Waals surface area contributed by atoms with Gasteiger partial charge in [-0.2, -0.15) is 5.10 Å². The number of likely N-dealkylation sites (tertiary alicyclic amines) is 1. The first-order valence-corrected chi connectivity index (χ1v) is 10.9. The van der Waals surface area contributed by atoms with Crippen LogP contribution in [0.2, 0.25) is 0 Å². The summed E-state index contributed by atoms with van der Waals surface area (Å²) in [6.45, 7) is 0.514. The minimum absolute atomic E-state index is 0.0995. The Labute approximate surface area is 185 Å². The van der Waals surface area contributed by atoms with Crippen LogP contribution in [0.3, 0.4) is 0 Å². The van der Waals surface area contributed by atoms with E-state index in [9.17, 15) is 9.59 Å². The van der Waals surface area contributed by atoms with Crippen LogP contribution in [0.4, 0.5) is 0 Å². The predicted octanol–water partition coefficient (Wildman–Crippen LogP) is 3.73. The van der Waals surface area contributed by atoms with Crippen LogP contribution in [-0.2, 0) is 17.8 Å². The van der Waals surface area contributed by atoms with Crippen LogP contribution in [0, 0.1) is 0 Å². The lowest BCUT2D eigenvalue weighted by molar-refractivity contribution is -0.136. The number of hydrogen-bond acceptors (Lipinski definition) is 5. The summed E-state index contributed by atoms with van der Waals surface area (Å²) in [4.78, 5) is 32.2. The Hall–Kier alpha value is -3.74. The highest BCUT2D eigenvalue weighted by Gasteiger charge is 2.31. The first-order valence-electron chi connectivity index (χ1n) is 10.9. The Morgan fingerprint density at radius 1 is 1.03 bits per heavy atom. The molecule has 32 heavy (non-hydrogen) atoms. The molecule has 1 aliphatic rings. The normalized spacial score (nSPS) is 16.4. The number of carbonyl (C=O) groups is 1. The van der Waals surface area contributed by atoms with Gasteiger partial charge in [-0.25, -0.2) is 9.67 Å². The van der Waals surface area contributed by atoms with Crippen LogP contribution in [0.5, 0.6) is 0 Å².